The van der Waals surface area contributed by atoms with Crippen LogP contribution in [0.4, 0.5) is 4.79 Å². The number of hydrogen-bond acceptors (Lipinski definition) is 7. The first-order valence-corrected chi connectivity index (χ1v) is 21.1. The molecule has 0 aromatic carbocycles. The van der Waals surface area contributed by atoms with Gasteiger partial charge in [-0.1, -0.05) is 59.3 Å². The minimum Gasteiger partial charge on any atom is -0.347 e. The van der Waals surface area contributed by atoms with Gasteiger partial charge in [0.05, 0.1) is 22.1 Å². The molecule has 5 amide bonds. The molecule has 0 aromatic rings. The first-order chi connectivity index (χ1) is 24.3. The lowest BCUT2D eigenvalue weighted by Crippen LogP contribution is -2.65. The molecule has 52 heavy (non-hydrogen) atoms. The summed E-state index contributed by atoms with van der Waals surface area (Å²) < 4.78 is 25.9. The fourth-order valence-corrected chi connectivity index (χ4v) is 10.6. The zero-order valence-electron chi connectivity index (χ0n) is 32.1. The number of likely N-dealkylation sites (tertiary alicyclic amines) is 1. The largest absolute Gasteiger partial charge is 0.347 e. The van der Waals surface area contributed by atoms with Gasteiger partial charge in [0.2, 0.25) is 17.6 Å². The Morgan fingerprint density at radius 1 is 0.904 bits per heavy atom. The Bertz CT molecular complexity index is 1560. The smallest absolute Gasteiger partial charge is 0.315 e. The van der Waals surface area contributed by atoms with Crippen LogP contribution in [0, 0.1) is 35.0 Å². The molecule has 12 nitrogen and oxygen atoms in total. The van der Waals surface area contributed by atoms with Crippen molar-refractivity contribution in [2.24, 2.45) is 22.7 Å². The Labute approximate surface area is 310 Å². The minimum absolute atomic E-state index is 0.0323. The van der Waals surface area contributed by atoms with E-state index in [2.05, 4.69) is 41.0 Å². The van der Waals surface area contributed by atoms with Gasteiger partial charge < -0.3 is 26.2 Å². The highest BCUT2D eigenvalue weighted by atomic mass is 32.2. The fraction of sp³-hybridized carbons (Fsp3) is 0.821. The summed E-state index contributed by atoms with van der Waals surface area (Å²) in [5.74, 6) is -0.182. The topological polar surface area (TPSA) is 171 Å². The summed E-state index contributed by atoms with van der Waals surface area (Å²) in [6, 6.07) is -3.61. The maximum absolute atomic E-state index is 14.9. The third-order valence-electron chi connectivity index (χ3n) is 12.9. The van der Waals surface area contributed by atoms with Crippen LogP contribution in [0.2, 0.25) is 0 Å². The molecule has 0 bridgehead atoms. The molecule has 0 aromatic heterocycles. The van der Waals surface area contributed by atoms with Crippen LogP contribution in [-0.4, -0.2) is 89.6 Å². The molecular formula is C39H61N5O7S. The van der Waals surface area contributed by atoms with Crippen molar-refractivity contribution in [3.8, 4) is 12.3 Å². The van der Waals surface area contributed by atoms with Crippen LogP contribution in [0.25, 0.3) is 0 Å². The Kier molecular flexibility index (Phi) is 11.5. The van der Waals surface area contributed by atoms with E-state index < -0.39 is 67.3 Å². The molecule has 13 heteroatoms. The molecule has 4 saturated carbocycles. The van der Waals surface area contributed by atoms with E-state index >= 15 is 0 Å². The van der Waals surface area contributed by atoms with E-state index in [4.69, 9.17) is 6.42 Å². The summed E-state index contributed by atoms with van der Waals surface area (Å²) in [6.45, 7) is 11.5. The number of amides is 5. The normalized spacial score (nSPS) is 27.2. The highest BCUT2D eigenvalue weighted by Gasteiger charge is 2.70. The van der Waals surface area contributed by atoms with Gasteiger partial charge in [0, 0.05) is 19.0 Å². The lowest BCUT2D eigenvalue weighted by Gasteiger charge is -2.44. The van der Waals surface area contributed by atoms with Gasteiger partial charge in [-0.05, 0) is 88.4 Å². The molecule has 0 radical (unpaired) electrons. The Morgan fingerprint density at radius 3 is 2.06 bits per heavy atom. The minimum atomic E-state index is -3.57. The second kappa shape index (κ2) is 14.9. The van der Waals surface area contributed by atoms with Crippen molar-refractivity contribution in [3.63, 3.8) is 0 Å². The molecule has 5 rings (SSSR count). The first kappa shape index (κ1) is 40.1. The van der Waals surface area contributed by atoms with Crippen molar-refractivity contribution < 1.29 is 32.4 Å². The van der Waals surface area contributed by atoms with Gasteiger partial charge in [0.15, 0.2) is 9.84 Å². The Morgan fingerprint density at radius 2 is 1.50 bits per heavy atom. The molecule has 5 aliphatic rings. The molecule has 0 spiro atoms. The number of ketones is 1. The lowest BCUT2D eigenvalue weighted by molar-refractivity contribution is -0.146. The average molecular weight is 744 g/mol. The number of hydrogen-bond donors (Lipinski definition) is 4. The second-order valence-corrected chi connectivity index (χ2v) is 21.0. The van der Waals surface area contributed by atoms with E-state index in [-0.39, 0.29) is 47.8 Å². The number of nitrogens with one attached hydrogen (secondary N) is 4. The molecule has 1 heterocycles. The SMILES string of the molecule is C#CCCC(NC(=O)[C@@H]1C2[C@H](CN1C(=O)[C@@H](NC(=O)NC1(CS(=O)(=O)C(C)(C)C)CCCCC1)C1(C)CCCCC1)C2(C)C)C(=O)C(=O)NC1CC1. The standard InChI is InChI=1S/C39H61N5O7S/c1-8-9-16-27(30(45)33(47)40-25-17-18-25)41-32(46)29-28-26(37(28,5)6)23-44(29)34(48)31(38(7)19-12-10-13-20-38)42-35(49)43-39(21-14-11-15-22-39)24-52(50,51)36(2,3)4/h1,25-29,31H,9-24H2,2-7H3,(H,40,47)(H,41,46)(H2,42,43,49)/t26-,27?,28?,29-,31+/m0/s1. The van der Waals surface area contributed by atoms with Gasteiger partial charge in [-0.3, -0.25) is 19.2 Å². The van der Waals surface area contributed by atoms with E-state index in [9.17, 15) is 32.4 Å². The van der Waals surface area contributed by atoms with Crippen LogP contribution < -0.4 is 21.3 Å². The van der Waals surface area contributed by atoms with Crippen molar-refractivity contribution in [1.82, 2.24) is 26.2 Å². The van der Waals surface area contributed by atoms with Gasteiger partial charge in [-0.25, -0.2) is 13.2 Å². The number of urea groups is 1. The van der Waals surface area contributed by atoms with Gasteiger partial charge in [0.25, 0.3) is 5.91 Å². The van der Waals surface area contributed by atoms with E-state index in [1.54, 1.807) is 25.7 Å². The molecule has 290 valence electrons. The van der Waals surface area contributed by atoms with Crippen molar-refractivity contribution in [3.05, 3.63) is 0 Å². The van der Waals surface area contributed by atoms with Crippen LogP contribution in [0.5, 0.6) is 0 Å². The average Bonchev–Trinajstić information content (AvgIpc) is 3.92. The van der Waals surface area contributed by atoms with Gasteiger partial charge in [-0.15, -0.1) is 12.3 Å². The molecule has 1 saturated heterocycles. The fourth-order valence-electron chi connectivity index (χ4n) is 9.08. The summed E-state index contributed by atoms with van der Waals surface area (Å²) in [6.07, 6.45) is 15.2. The number of terminal acetylenes is 1. The summed E-state index contributed by atoms with van der Waals surface area (Å²) in [7, 11) is -3.57. The first-order valence-electron chi connectivity index (χ1n) is 19.5. The van der Waals surface area contributed by atoms with Crippen molar-refractivity contribution in [2.75, 3.05) is 12.3 Å². The maximum Gasteiger partial charge on any atom is 0.315 e. The summed E-state index contributed by atoms with van der Waals surface area (Å²) >= 11 is 0. The molecule has 1 aliphatic heterocycles. The zero-order valence-corrected chi connectivity index (χ0v) is 32.9. The predicted molar refractivity (Wildman–Crippen MR) is 198 cm³/mol. The van der Waals surface area contributed by atoms with Crippen LogP contribution >= 0.6 is 0 Å². The third-order valence-corrected chi connectivity index (χ3v) is 15.7. The second-order valence-electron chi connectivity index (χ2n) is 18.3. The molecule has 2 unspecified atom stereocenters. The van der Waals surface area contributed by atoms with Crippen LogP contribution in [0.1, 0.15) is 131 Å². The number of carbonyl (C=O) groups is 5. The van der Waals surface area contributed by atoms with Crippen molar-refractivity contribution in [2.45, 2.75) is 166 Å². The van der Waals surface area contributed by atoms with E-state index in [1.165, 1.54) is 0 Å². The number of fused-ring (bicyclic) bond motifs is 1. The maximum atomic E-state index is 14.9. The van der Waals surface area contributed by atoms with Gasteiger partial charge in [0.1, 0.15) is 12.1 Å². The highest BCUT2D eigenvalue weighted by Crippen LogP contribution is 2.65. The number of nitrogens with zero attached hydrogens (tertiary/aromatic N) is 1. The number of Topliss-reactive ketones (excluding diaryl/α,β-unsaturated/α-hetero) is 1. The molecular weight excluding hydrogens is 683 g/mol. The number of piperidine rings is 1. The molecule has 4 aliphatic carbocycles. The van der Waals surface area contributed by atoms with Crippen molar-refractivity contribution >= 4 is 39.4 Å². The Hall–Kier alpha value is -3.14. The van der Waals surface area contributed by atoms with Crippen LogP contribution in [0.3, 0.4) is 0 Å². The number of sulfone groups is 1. The monoisotopic (exact) mass is 743 g/mol. The highest BCUT2D eigenvalue weighted by molar-refractivity contribution is 7.92. The molecule has 5 fully saturated rings. The zero-order chi connectivity index (χ0) is 38.3. The number of rotatable bonds is 13. The van der Waals surface area contributed by atoms with E-state index in [0.29, 0.717) is 32.2 Å². The number of carbonyl (C=O) groups excluding carboxylic acids is 5. The van der Waals surface area contributed by atoms with Crippen LogP contribution in [-0.2, 0) is 29.0 Å². The van der Waals surface area contributed by atoms with Gasteiger partial charge in [-0.2, -0.15) is 0 Å². The quantitative estimate of drug-likeness (QED) is 0.164. The van der Waals surface area contributed by atoms with Crippen LogP contribution in [0.15, 0.2) is 0 Å². The summed E-state index contributed by atoms with van der Waals surface area (Å²) in [4.78, 5) is 70.7. The van der Waals surface area contributed by atoms with E-state index in [0.717, 1.165) is 51.4 Å². The predicted octanol–water partition coefficient (Wildman–Crippen LogP) is 3.77. The molecule has 5 atom stereocenters. The van der Waals surface area contributed by atoms with Crippen molar-refractivity contribution in [1.29, 1.82) is 0 Å². The lowest BCUT2D eigenvalue weighted by atomic mass is 9.70. The molecule has 4 N–H and O–H groups in total. The Balaban J connectivity index is 1.39. The summed E-state index contributed by atoms with van der Waals surface area (Å²) in [5, 5.41) is 11.6. The van der Waals surface area contributed by atoms with E-state index in [1.807, 2.05) is 6.92 Å². The third kappa shape index (κ3) is 8.47. The van der Waals surface area contributed by atoms with Gasteiger partial charge >= 0.3 is 6.03 Å². The summed E-state index contributed by atoms with van der Waals surface area (Å²) in [5.41, 5.74) is -1.77.